The van der Waals surface area contributed by atoms with E-state index in [1.54, 1.807) is 12.1 Å². The number of benzene rings is 3. The second-order valence-corrected chi connectivity index (χ2v) is 8.66. The van der Waals surface area contributed by atoms with E-state index < -0.39 is 23.3 Å². The standard InChI is InChI=1S/C28H28F2N2O4/c1-32-16-14-23(15-17-32)36-22-10-8-21(9-11-22)35-18-20-4-2-3-5-25(20)31-26(33)13-7-19-6-12-24(29)28(34)27(19)30/h2-13,23,34H,14-18H2,1H3,(H,31,33)/b13-7+. The van der Waals surface area contributed by atoms with Crippen molar-refractivity contribution in [2.45, 2.75) is 25.6 Å². The van der Waals surface area contributed by atoms with Crippen molar-refractivity contribution in [3.8, 4) is 17.2 Å². The van der Waals surface area contributed by atoms with Crippen molar-refractivity contribution in [3.05, 3.63) is 89.5 Å². The molecule has 3 aromatic rings. The molecule has 0 unspecified atom stereocenters. The molecule has 188 valence electrons. The fraction of sp³-hybridized carbons (Fsp3) is 0.250. The lowest BCUT2D eigenvalue weighted by molar-refractivity contribution is -0.111. The fourth-order valence-corrected chi connectivity index (χ4v) is 3.86. The number of phenolic OH excluding ortho intramolecular Hbond substituents is 1. The quantitative estimate of drug-likeness (QED) is 0.412. The molecule has 0 aliphatic carbocycles. The Hall–Kier alpha value is -3.91. The van der Waals surface area contributed by atoms with Crippen LogP contribution in [-0.2, 0) is 11.4 Å². The zero-order chi connectivity index (χ0) is 25.5. The zero-order valence-electron chi connectivity index (χ0n) is 19.9. The number of hydrogen-bond acceptors (Lipinski definition) is 5. The molecule has 36 heavy (non-hydrogen) atoms. The SMILES string of the molecule is CN1CCC(Oc2ccc(OCc3ccccc3NC(=O)/C=C/c3ccc(F)c(O)c3F)cc2)CC1. The third-order valence-electron chi connectivity index (χ3n) is 5.97. The van der Waals surface area contributed by atoms with Gasteiger partial charge in [0.2, 0.25) is 5.91 Å². The second-order valence-electron chi connectivity index (χ2n) is 8.66. The maximum atomic E-state index is 13.9. The first-order valence-electron chi connectivity index (χ1n) is 11.7. The molecule has 1 aliphatic rings. The maximum Gasteiger partial charge on any atom is 0.248 e. The second kappa shape index (κ2) is 11.7. The van der Waals surface area contributed by atoms with E-state index >= 15 is 0 Å². The molecule has 1 heterocycles. The number of likely N-dealkylation sites (tertiary alicyclic amines) is 1. The number of rotatable bonds is 8. The number of carbonyl (C=O) groups excluding carboxylic acids is 1. The number of carbonyl (C=O) groups is 1. The number of ether oxygens (including phenoxy) is 2. The minimum absolute atomic E-state index is 0.107. The van der Waals surface area contributed by atoms with E-state index in [0.29, 0.717) is 11.4 Å². The summed E-state index contributed by atoms with van der Waals surface area (Å²) >= 11 is 0. The van der Waals surface area contributed by atoms with Crippen LogP contribution in [-0.4, -0.2) is 42.2 Å². The minimum Gasteiger partial charge on any atom is -0.503 e. The molecule has 3 aromatic carbocycles. The van der Waals surface area contributed by atoms with Crippen molar-refractivity contribution in [1.82, 2.24) is 4.90 Å². The summed E-state index contributed by atoms with van der Waals surface area (Å²) in [5, 5.41) is 12.1. The molecule has 0 aromatic heterocycles. The average molecular weight is 495 g/mol. The molecular weight excluding hydrogens is 466 g/mol. The van der Waals surface area contributed by atoms with Gasteiger partial charge in [-0.2, -0.15) is 0 Å². The van der Waals surface area contributed by atoms with Crippen LogP contribution in [0.25, 0.3) is 6.08 Å². The van der Waals surface area contributed by atoms with Crippen molar-refractivity contribution < 1.29 is 28.2 Å². The molecule has 0 atom stereocenters. The Balaban J connectivity index is 1.33. The topological polar surface area (TPSA) is 71.0 Å². The molecule has 0 spiro atoms. The van der Waals surface area contributed by atoms with Crippen molar-refractivity contribution in [3.63, 3.8) is 0 Å². The van der Waals surface area contributed by atoms with Gasteiger partial charge < -0.3 is 24.8 Å². The fourth-order valence-electron chi connectivity index (χ4n) is 3.86. The highest BCUT2D eigenvalue weighted by molar-refractivity contribution is 6.02. The van der Waals surface area contributed by atoms with E-state index in [4.69, 9.17) is 9.47 Å². The van der Waals surface area contributed by atoms with Crippen LogP contribution in [0.2, 0.25) is 0 Å². The molecule has 4 rings (SSSR count). The van der Waals surface area contributed by atoms with E-state index in [2.05, 4.69) is 17.3 Å². The number of piperidine rings is 1. The molecule has 1 saturated heterocycles. The Morgan fingerprint density at radius 3 is 2.50 bits per heavy atom. The summed E-state index contributed by atoms with van der Waals surface area (Å²) < 4.78 is 39.1. The van der Waals surface area contributed by atoms with Gasteiger partial charge in [0, 0.05) is 36.0 Å². The van der Waals surface area contributed by atoms with Crippen LogP contribution >= 0.6 is 0 Å². The van der Waals surface area contributed by atoms with E-state index in [1.165, 1.54) is 0 Å². The molecule has 6 nitrogen and oxygen atoms in total. The Morgan fingerprint density at radius 1 is 1.06 bits per heavy atom. The highest BCUT2D eigenvalue weighted by atomic mass is 19.1. The summed E-state index contributed by atoms with van der Waals surface area (Å²) in [5.41, 5.74) is 1.18. The van der Waals surface area contributed by atoms with E-state index in [-0.39, 0.29) is 18.3 Å². The first kappa shape index (κ1) is 25.2. The van der Waals surface area contributed by atoms with Crippen LogP contribution in [0, 0.1) is 11.6 Å². The predicted octanol–water partition coefficient (Wildman–Crippen LogP) is 5.37. The van der Waals surface area contributed by atoms with Crippen molar-refractivity contribution in [2.75, 3.05) is 25.5 Å². The largest absolute Gasteiger partial charge is 0.503 e. The zero-order valence-corrected chi connectivity index (χ0v) is 19.9. The lowest BCUT2D eigenvalue weighted by Gasteiger charge is -2.29. The number of para-hydroxylation sites is 1. The molecule has 0 bridgehead atoms. The Bertz CT molecular complexity index is 1220. The van der Waals surface area contributed by atoms with Crippen LogP contribution in [0.4, 0.5) is 14.5 Å². The van der Waals surface area contributed by atoms with Gasteiger partial charge in [0.15, 0.2) is 17.4 Å². The smallest absolute Gasteiger partial charge is 0.248 e. The lowest BCUT2D eigenvalue weighted by Crippen LogP contribution is -2.35. The summed E-state index contributed by atoms with van der Waals surface area (Å²) in [4.78, 5) is 14.7. The molecule has 0 saturated carbocycles. The van der Waals surface area contributed by atoms with Gasteiger partial charge in [-0.1, -0.05) is 18.2 Å². The van der Waals surface area contributed by atoms with Gasteiger partial charge in [-0.25, -0.2) is 8.78 Å². The predicted molar refractivity (Wildman–Crippen MR) is 134 cm³/mol. The highest BCUT2D eigenvalue weighted by Gasteiger charge is 2.18. The maximum absolute atomic E-state index is 13.9. The summed E-state index contributed by atoms with van der Waals surface area (Å²) in [6.45, 7) is 2.28. The van der Waals surface area contributed by atoms with Gasteiger partial charge in [-0.05, 0) is 68.4 Å². The van der Waals surface area contributed by atoms with Gasteiger partial charge in [0.1, 0.15) is 24.2 Å². The summed E-state index contributed by atoms with van der Waals surface area (Å²) in [7, 11) is 2.12. The molecule has 2 N–H and O–H groups in total. The molecule has 1 aliphatic heterocycles. The number of halogens is 2. The number of nitrogens with zero attached hydrogens (tertiary/aromatic N) is 1. The normalized spacial score (nSPS) is 14.6. The molecule has 0 radical (unpaired) electrons. The van der Waals surface area contributed by atoms with Gasteiger partial charge in [0.25, 0.3) is 0 Å². The Labute approximate surface area is 208 Å². The molecule has 1 fully saturated rings. The van der Waals surface area contributed by atoms with Gasteiger partial charge in [-0.15, -0.1) is 0 Å². The van der Waals surface area contributed by atoms with E-state index in [0.717, 1.165) is 61.5 Å². The monoisotopic (exact) mass is 494 g/mol. The molecular formula is C28H28F2N2O4. The number of phenols is 1. The number of amides is 1. The first-order valence-corrected chi connectivity index (χ1v) is 11.7. The van der Waals surface area contributed by atoms with Crippen molar-refractivity contribution >= 4 is 17.7 Å². The average Bonchev–Trinajstić information content (AvgIpc) is 2.88. The van der Waals surface area contributed by atoms with Crippen molar-refractivity contribution in [2.24, 2.45) is 0 Å². The summed E-state index contributed by atoms with van der Waals surface area (Å²) in [5.74, 6) is -2.32. The highest BCUT2D eigenvalue weighted by Crippen LogP contribution is 2.25. The van der Waals surface area contributed by atoms with Crippen LogP contribution < -0.4 is 14.8 Å². The summed E-state index contributed by atoms with van der Waals surface area (Å²) in [6, 6.07) is 16.7. The molecule has 8 heteroatoms. The van der Waals surface area contributed by atoms with Crippen LogP contribution in [0.1, 0.15) is 24.0 Å². The first-order chi connectivity index (χ1) is 17.4. The number of aromatic hydroxyl groups is 1. The van der Waals surface area contributed by atoms with Crippen LogP contribution in [0.15, 0.2) is 66.7 Å². The van der Waals surface area contributed by atoms with Gasteiger partial charge in [-0.3, -0.25) is 4.79 Å². The van der Waals surface area contributed by atoms with E-state index in [9.17, 15) is 18.7 Å². The van der Waals surface area contributed by atoms with Crippen LogP contribution in [0.5, 0.6) is 17.2 Å². The van der Waals surface area contributed by atoms with Gasteiger partial charge >= 0.3 is 0 Å². The lowest BCUT2D eigenvalue weighted by atomic mass is 10.1. The Morgan fingerprint density at radius 2 is 1.75 bits per heavy atom. The number of nitrogens with one attached hydrogen (secondary N) is 1. The van der Waals surface area contributed by atoms with Gasteiger partial charge in [0.05, 0.1) is 0 Å². The molecule has 1 amide bonds. The number of hydrogen-bond donors (Lipinski definition) is 2. The third-order valence-corrected chi connectivity index (χ3v) is 5.97. The third kappa shape index (κ3) is 6.60. The van der Waals surface area contributed by atoms with E-state index in [1.807, 2.05) is 36.4 Å². The Kier molecular flexibility index (Phi) is 8.17. The van der Waals surface area contributed by atoms with Crippen LogP contribution in [0.3, 0.4) is 0 Å². The van der Waals surface area contributed by atoms with Crippen molar-refractivity contribution in [1.29, 1.82) is 0 Å². The minimum atomic E-state index is -1.13. The summed E-state index contributed by atoms with van der Waals surface area (Å²) in [6.07, 6.45) is 4.51. The number of anilines is 1.